The number of rotatable bonds is 7. The predicted octanol–water partition coefficient (Wildman–Crippen LogP) is 2.13. The first-order valence-corrected chi connectivity index (χ1v) is 11.8. The Kier molecular flexibility index (Phi) is 7.92. The maximum absolute atomic E-state index is 12.8. The molecule has 0 aromatic heterocycles. The molecule has 0 unspecified atom stereocenters. The smallest absolute Gasteiger partial charge is 0.234 e. The van der Waals surface area contributed by atoms with Crippen molar-refractivity contribution in [2.75, 3.05) is 25.9 Å². The number of hydrogen-bond acceptors (Lipinski definition) is 4. The summed E-state index contributed by atoms with van der Waals surface area (Å²) in [5, 5.41) is 1.86. The lowest BCUT2D eigenvalue weighted by molar-refractivity contribution is -0.137. The second kappa shape index (κ2) is 9.72. The van der Waals surface area contributed by atoms with Crippen LogP contribution in [-0.4, -0.2) is 56.3 Å². The van der Waals surface area contributed by atoms with Gasteiger partial charge < -0.3 is 10.2 Å². The lowest BCUT2D eigenvalue weighted by atomic mass is 9.79. The molecule has 1 aliphatic heterocycles. The molecule has 1 N–H and O–H groups in total. The zero-order valence-corrected chi connectivity index (χ0v) is 17.0. The van der Waals surface area contributed by atoms with Crippen LogP contribution in [0.15, 0.2) is 0 Å². The molecule has 26 heavy (non-hydrogen) atoms. The van der Waals surface area contributed by atoms with Crippen molar-refractivity contribution < 1.29 is 18.0 Å². The Labute approximate surface area is 158 Å². The van der Waals surface area contributed by atoms with Crippen LogP contribution in [-0.2, 0) is 19.4 Å². The summed E-state index contributed by atoms with van der Waals surface area (Å²) >= 11 is 0. The lowest BCUT2D eigenvalue weighted by Crippen LogP contribution is -2.46. The van der Waals surface area contributed by atoms with E-state index in [0.29, 0.717) is 25.9 Å². The van der Waals surface area contributed by atoms with Gasteiger partial charge in [-0.25, -0.2) is 8.42 Å². The molecule has 2 aliphatic rings. The Bertz CT molecular complexity index is 574. The quantitative estimate of drug-likeness (QED) is 0.726. The van der Waals surface area contributed by atoms with E-state index in [2.05, 4.69) is 12.2 Å². The number of likely N-dealkylation sites (tertiary alicyclic amines) is 1. The van der Waals surface area contributed by atoms with Crippen LogP contribution in [0.4, 0.5) is 0 Å². The third-order valence-electron chi connectivity index (χ3n) is 6.03. The second-order valence-electron chi connectivity index (χ2n) is 7.86. The van der Waals surface area contributed by atoms with E-state index in [-0.39, 0.29) is 11.8 Å². The first kappa shape index (κ1) is 21.2. The zero-order chi connectivity index (χ0) is 19.2. The first-order chi connectivity index (χ1) is 12.4. The van der Waals surface area contributed by atoms with Gasteiger partial charge in [0.1, 0.15) is 5.75 Å². The van der Waals surface area contributed by atoms with E-state index in [9.17, 15) is 18.0 Å². The van der Waals surface area contributed by atoms with Crippen LogP contribution in [0.2, 0.25) is 0 Å². The van der Waals surface area contributed by atoms with E-state index in [1.807, 2.05) is 4.90 Å². The molecule has 0 spiro atoms. The Morgan fingerprint density at radius 2 is 1.65 bits per heavy atom. The van der Waals surface area contributed by atoms with Gasteiger partial charge in [0.25, 0.3) is 0 Å². The molecule has 0 radical (unpaired) electrons. The first-order valence-electron chi connectivity index (χ1n) is 10.1. The lowest BCUT2D eigenvalue weighted by Gasteiger charge is -2.36. The van der Waals surface area contributed by atoms with E-state index in [1.54, 1.807) is 0 Å². The summed E-state index contributed by atoms with van der Waals surface area (Å²) in [4.78, 5) is 26.0. The molecule has 2 amide bonds. The van der Waals surface area contributed by atoms with Crippen molar-refractivity contribution >= 4 is 21.7 Å². The van der Waals surface area contributed by atoms with Gasteiger partial charge in [0.2, 0.25) is 11.8 Å². The van der Waals surface area contributed by atoms with Gasteiger partial charge in [0, 0.05) is 26.1 Å². The molecule has 0 atom stereocenters. The Morgan fingerprint density at radius 1 is 1.04 bits per heavy atom. The summed E-state index contributed by atoms with van der Waals surface area (Å²) in [5.41, 5.74) is 0. The van der Waals surface area contributed by atoms with Crippen molar-refractivity contribution in [1.29, 1.82) is 0 Å². The fourth-order valence-electron chi connectivity index (χ4n) is 4.26. The third-order valence-corrected chi connectivity index (χ3v) is 8.19. The van der Waals surface area contributed by atoms with E-state index >= 15 is 0 Å². The van der Waals surface area contributed by atoms with Crippen LogP contribution in [0, 0.1) is 11.8 Å². The van der Waals surface area contributed by atoms with Gasteiger partial charge >= 0.3 is 0 Å². The fourth-order valence-corrected chi connectivity index (χ4v) is 5.93. The summed E-state index contributed by atoms with van der Waals surface area (Å²) in [6.07, 6.45) is 8.92. The average molecular weight is 387 g/mol. The Balaban J connectivity index is 1.79. The van der Waals surface area contributed by atoms with Crippen LogP contribution in [0.1, 0.15) is 64.7 Å². The van der Waals surface area contributed by atoms with Gasteiger partial charge in [-0.15, -0.1) is 0 Å². The number of carbonyl (C=O) groups excluding carboxylic acids is 2. The highest BCUT2D eigenvalue weighted by Gasteiger charge is 2.35. The average Bonchev–Trinajstić information content (AvgIpc) is 2.66. The number of hydrogen-bond donors (Lipinski definition) is 1. The fraction of sp³-hybridized carbons (Fsp3) is 0.895. The molecule has 1 saturated carbocycles. The number of nitrogens with one attached hydrogen (secondary N) is 1. The summed E-state index contributed by atoms with van der Waals surface area (Å²) in [6.45, 7) is 3.20. The summed E-state index contributed by atoms with van der Waals surface area (Å²) in [5.74, 6) is 0.181. The number of nitrogens with zero attached hydrogens (tertiary/aromatic N) is 1. The second-order valence-corrected chi connectivity index (χ2v) is 10.1. The van der Waals surface area contributed by atoms with Gasteiger partial charge in [-0.1, -0.05) is 26.2 Å². The molecule has 1 aliphatic carbocycles. The van der Waals surface area contributed by atoms with Crippen molar-refractivity contribution in [3.63, 3.8) is 0 Å². The predicted molar refractivity (Wildman–Crippen MR) is 102 cm³/mol. The van der Waals surface area contributed by atoms with Crippen LogP contribution in [0.5, 0.6) is 0 Å². The Hall–Kier alpha value is -1.11. The van der Waals surface area contributed by atoms with Crippen LogP contribution in [0.25, 0.3) is 0 Å². The molecule has 7 heteroatoms. The van der Waals surface area contributed by atoms with E-state index in [1.165, 1.54) is 26.3 Å². The number of carbonyl (C=O) groups is 2. The molecule has 0 bridgehead atoms. The SMILES string of the molecule is CCCCC1CCC(C(=O)N2CCC(S(=O)(=O)CC(=O)NC)CC2)CC1. The molecule has 0 aromatic carbocycles. The summed E-state index contributed by atoms with van der Waals surface area (Å²) < 4.78 is 24.6. The summed E-state index contributed by atoms with van der Waals surface area (Å²) in [7, 11) is -1.99. The van der Waals surface area contributed by atoms with Gasteiger partial charge in [0.15, 0.2) is 9.84 Å². The number of unbranched alkanes of at least 4 members (excludes halogenated alkanes) is 1. The van der Waals surface area contributed by atoms with Crippen molar-refractivity contribution in [1.82, 2.24) is 10.2 Å². The van der Waals surface area contributed by atoms with E-state index in [0.717, 1.165) is 31.6 Å². The molecule has 1 saturated heterocycles. The van der Waals surface area contributed by atoms with Crippen LogP contribution < -0.4 is 5.32 Å². The molecule has 6 nitrogen and oxygen atoms in total. The van der Waals surface area contributed by atoms with Gasteiger partial charge in [-0.3, -0.25) is 9.59 Å². The van der Waals surface area contributed by atoms with Crippen LogP contribution >= 0.6 is 0 Å². The number of amides is 2. The van der Waals surface area contributed by atoms with Crippen molar-refractivity contribution in [3.05, 3.63) is 0 Å². The highest BCUT2D eigenvalue weighted by atomic mass is 32.2. The van der Waals surface area contributed by atoms with Gasteiger partial charge in [-0.05, 0) is 44.4 Å². The molecule has 1 heterocycles. The van der Waals surface area contributed by atoms with Gasteiger partial charge in [-0.2, -0.15) is 0 Å². The molecule has 150 valence electrons. The minimum atomic E-state index is -3.43. The minimum absolute atomic E-state index is 0.118. The molecule has 2 rings (SSSR count). The maximum Gasteiger partial charge on any atom is 0.234 e. The van der Waals surface area contributed by atoms with Crippen molar-refractivity contribution in [2.24, 2.45) is 11.8 Å². The molecular formula is C19H34N2O4S. The topological polar surface area (TPSA) is 83.6 Å². The number of sulfone groups is 1. The minimum Gasteiger partial charge on any atom is -0.358 e. The maximum atomic E-state index is 12.8. The molecule has 0 aromatic rings. The third kappa shape index (κ3) is 5.69. The van der Waals surface area contributed by atoms with Crippen molar-refractivity contribution in [2.45, 2.75) is 70.0 Å². The normalized spacial score (nSPS) is 25.1. The number of piperidine rings is 1. The largest absolute Gasteiger partial charge is 0.358 e. The summed E-state index contributed by atoms with van der Waals surface area (Å²) in [6, 6.07) is 0. The van der Waals surface area contributed by atoms with Gasteiger partial charge in [0.05, 0.1) is 5.25 Å². The van der Waals surface area contributed by atoms with Crippen molar-refractivity contribution in [3.8, 4) is 0 Å². The monoisotopic (exact) mass is 386 g/mol. The standard InChI is InChI=1S/C19H34N2O4S/c1-3-4-5-15-6-8-16(9-7-15)19(23)21-12-10-17(11-13-21)26(24,25)14-18(22)20-2/h15-17H,3-14H2,1-2H3,(H,20,22). The highest BCUT2D eigenvalue weighted by Crippen LogP contribution is 2.33. The molecule has 2 fully saturated rings. The van der Waals surface area contributed by atoms with E-state index in [4.69, 9.17) is 0 Å². The Morgan fingerprint density at radius 3 is 2.19 bits per heavy atom. The van der Waals surface area contributed by atoms with Crippen LogP contribution in [0.3, 0.4) is 0 Å². The van der Waals surface area contributed by atoms with E-state index < -0.39 is 26.7 Å². The zero-order valence-electron chi connectivity index (χ0n) is 16.2. The molecular weight excluding hydrogens is 352 g/mol. The highest BCUT2D eigenvalue weighted by molar-refractivity contribution is 7.92.